The van der Waals surface area contributed by atoms with Gasteiger partial charge >= 0.3 is 11.8 Å². The summed E-state index contributed by atoms with van der Waals surface area (Å²) < 4.78 is 0. The monoisotopic (exact) mass is 224 g/mol. The highest BCUT2D eigenvalue weighted by atomic mass is 15.0. The van der Waals surface area contributed by atoms with Crippen LogP contribution < -0.4 is 5.32 Å². The number of diazo groups is 1. The summed E-state index contributed by atoms with van der Waals surface area (Å²) in [5.74, 6) is 0. The zero-order valence-corrected chi connectivity index (χ0v) is 8.99. The van der Waals surface area contributed by atoms with Crippen LogP contribution in [0.25, 0.3) is 10.5 Å². The SMILES string of the molecule is N#[N+]C1C=CC(Nc2ccccc2)=CC1=[N+]=[N-]. The van der Waals surface area contributed by atoms with E-state index in [1.807, 2.05) is 30.3 Å². The standard InChI is InChI=1S/C12H10N5/c13-16-11-7-6-10(8-12(11)17-14)15-9-4-2-1-3-5-9/h1-8,11,15H/q+1. The second kappa shape index (κ2) is 4.88. The molecule has 17 heavy (non-hydrogen) atoms. The summed E-state index contributed by atoms with van der Waals surface area (Å²) in [6.07, 6.45) is 5.03. The number of allylic oxidation sites excluding steroid dienone is 1. The largest absolute Gasteiger partial charge is 0.430 e. The summed E-state index contributed by atoms with van der Waals surface area (Å²) in [5.41, 5.74) is 10.8. The molecule has 0 bridgehead atoms. The zero-order chi connectivity index (χ0) is 12.1. The van der Waals surface area contributed by atoms with Gasteiger partial charge in [0.1, 0.15) is 4.98 Å². The molecule has 0 spiro atoms. The molecule has 1 atom stereocenters. The van der Waals surface area contributed by atoms with Gasteiger partial charge in [0.05, 0.1) is 6.08 Å². The van der Waals surface area contributed by atoms with Crippen molar-refractivity contribution in [3.05, 3.63) is 64.8 Å². The fourth-order valence-electron chi connectivity index (χ4n) is 1.54. The van der Waals surface area contributed by atoms with E-state index in [4.69, 9.17) is 10.9 Å². The minimum Gasteiger partial charge on any atom is -0.361 e. The van der Waals surface area contributed by atoms with Crippen molar-refractivity contribution < 1.29 is 4.79 Å². The first-order valence-corrected chi connectivity index (χ1v) is 5.11. The predicted octanol–water partition coefficient (Wildman–Crippen LogP) is 2.44. The van der Waals surface area contributed by atoms with Crippen LogP contribution in [-0.4, -0.2) is 16.5 Å². The summed E-state index contributed by atoms with van der Waals surface area (Å²) in [4.78, 5) is 6.18. The van der Waals surface area contributed by atoms with Crippen LogP contribution in [0.2, 0.25) is 0 Å². The Labute approximate surface area is 98.3 Å². The lowest BCUT2D eigenvalue weighted by Crippen LogP contribution is -2.18. The number of nitrogens with zero attached hydrogens (tertiary/aromatic N) is 4. The topological polar surface area (TPSA) is 76.6 Å². The average molecular weight is 224 g/mol. The Bertz CT molecular complexity index is 558. The van der Waals surface area contributed by atoms with Crippen molar-refractivity contribution >= 4 is 11.4 Å². The van der Waals surface area contributed by atoms with Crippen LogP contribution in [0.3, 0.4) is 0 Å². The third-order valence-corrected chi connectivity index (χ3v) is 2.37. The third kappa shape index (κ3) is 2.46. The zero-order valence-electron chi connectivity index (χ0n) is 8.99. The Morgan fingerprint density at radius 1 is 1.24 bits per heavy atom. The van der Waals surface area contributed by atoms with Crippen LogP contribution in [0.5, 0.6) is 0 Å². The molecule has 5 heteroatoms. The molecule has 82 valence electrons. The summed E-state index contributed by atoms with van der Waals surface area (Å²) in [6, 6.07) is 9.00. The summed E-state index contributed by atoms with van der Waals surface area (Å²) in [6.45, 7) is 0. The van der Waals surface area contributed by atoms with Gasteiger partial charge in [-0.15, -0.1) is 0 Å². The van der Waals surface area contributed by atoms with Gasteiger partial charge in [0, 0.05) is 17.5 Å². The first kappa shape index (κ1) is 10.8. The molecule has 5 nitrogen and oxygen atoms in total. The molecule has 1 aliphatic carbocycles. The van der Waals surface area contributed by atoms with E-state index < -0.39 is 6.04 Å². The maximum absolute atomic E-state index is 8.79. The van der Waals surface area contributed by atoms with Crippen LogP contribution in [0.4, 0.5) is 5.69 Å². The van der Waals surface area contributed by atoms with Crippen molar-refractivity contribution in [3.63, 3.8) is 0 Å². The summed E-state index contributed by atoms with van der Waals surface area (Å²) in [5, 5.41) is 11.8. The van der Waals surface area contributed by atoms with Gasteiger partial charge in [0.25, 0.3) is 0 Å². The van der Waals surface area contributed by atoms with Gasteiger partial charge in [0.2, 0.25) is 5.39 Å². The number of anilines is 1. The van der Waals surface area contributed by atoms with E-state index in [2.05, 4.69) is 15.1 Å². The smallest absolute Gasteiger partial charge is 0.361 e. The van der Waals surface area contributed by atoms with Crippen molar-refractivity contribution in [3.8, 4) is 0 Å². The van der Waals surface area contributed by atoms with Gasteiger partial charge in [-0.2, -0.15) is 4.79 Å². The molecule has 1 aliphatic rings. The predicted molar refractivity (Wildman–Crippen MR) is 64.8 cm³/mol. The average Bonchev–Trinajstić information content (AvgIpc) is 2.40. The quantitative estimate of drug-likeness (QED) is 0.476. The van der Waals surface area contributed by atoms with E-state index in [0.717, 1.165) is 11.4 Å². The lowest BCUT2D eigenvalue weighted by Gasteiger charge is -2.07. The molecule has 0 aromatic heterocycles. The highest BCUT2D eigenvalue weighted by Crippen LogP contribution is 2.14. The van der Waals surface area contributed by atoms with Crippen molar-refractivity contribution in [2.75, 3.05) is 5.32 Å². The number of benzene rings is 1. The number of hydrogen-bond donors (Lipinski definition) is 1. The highest BCUT2D eigenvalue weighted by Gasteiger charge is 2.33. The number of hydrogen-bond acceptors (Lipinski definition) is 2. The van der Waals surface area contributed by atoms with Crippen LogP contribution in [0.1, 0.15) is 0 Å². The first-order valence-electron chi connectivity index (χ1n) is 5.11. The van der Waals surface area contributed by atoms with E-state index in [-0.39, 0.29) is 5.71 Å². The Morgan fingerprint density at radius 2 is 2.00 bits per heavy atom. The molecule has 0 heterocycles. The Balaban J connectivity index is 2.20. The normalized spacial score (nSPS) is 17.9. The van der Waals surface area contributed by atoms with Crippen LogP contribution in [0, 0.1) is 5.39 Å². The fraction of sp³-hybridized carbons (Fsp3) is 0.0833. The molecule has 1 aromatic carbocycles. The van der Waals surface area contributed by atoms with Crippen molar-refractivity contribution in [1.29, 1.82) is 5.39 Å². The molecule has 0 aliphatic heterocycles. The molecule has 1 N–H and O–H groups in total. The molecule has 0 saturated heterocycles. The van der Waals surface area contributed by atoms with Crippen molar-refractivity contribution in [2.45, 2.75) is 6.04 Å². The van der Waals surface area contributed by atoms with Crippen LogP contribution in [-0.2, 0) is 0 Å². The molecule has 0 fully saturated rings. The maximum atomic E-state index is 8.79. The van der Waals surface area contributed by atoms with Gasteiger partial charge in [0.15, 0.2) is 0 Å². The summed E-state index contributed by atoms with van der Waals surface area (Å²) >= 11 is 0. The van der Waals surface area contributed by atoms with Crippen LogP contribution >= 0.6 is 0 Å². The van der Waals surface area contributed by atoms with E-state index in [1.165, 1.54) is 0 Å². The Hall–Kier alpha value is -2.70. The second-order valence-corrected chi connectivity index (χ2v) is 3.53. The molecule has 1 aromatic rings. The molecule has 0 radical (unpaired) electrons. The minimum atomic E-state index is -0.610. The highest BCUT2D eigenvalue weighted by molar-refractivity contribution is 6.00. The Kier molecular flexibility index (Phi) is 3.10. The van der Waals surface area contributed by atoms with Gasteiger partial charge in [-0.05, 0) is 18.2 Å². The lowest BCUT2D eigenvalue weighted by molar-refractivity contribution is -0.00592. The molecular formula is C12H10N5+. The minimum absolute atomic E-state index is 0.286. The lowest BCUT2D eigenvalue weighted by atomic mass is 10.1. The molecule has 2 rings (SSSR count). The van der Waals surface area contributed by atoms with E-state index in [1.54, 1.807) is 18.2 Å². The van der Waals surface area contributed by atoms with Crippen molar-refractivity contribution in [2.24, 2.45) is 0 Å². The number of nitrogens with one attached hydrogen (secondary N) is 1. The van der Waals surface area contributed by atoms with Gasteiger partial charge in [-0.3, -0.25) is 0 Å². The first-order chi connectivity index (χ1) is 8.33. The van der Waals surface area contributed by atoms with E-state index >= 15 is 0 Å². The van der Waals surface area contributed by atoms with E-state index in [0.29, 0.717) is 0 Å². The molecular weight excluding hydrogens is 214 g/mol. The Morgan fingerprint density at radius 3 is 2.65 bits per heavy atom. The van der Waals surface area contributed by atoms with Crippen molar-refractivity contribution in [1.82, 2.24) is 0 Å². The second-order valence-electron chi connectivity index (χ2n) is 3.53. The van der Waals surface area contributed by atoms with Gasteiger partial charge in [-0.25, -0.2) is 0 Å². The summed E-state index contributed by atoms with van der Waals surface area (Å²) in [7, 11) is 0. The number of rotatable bonds is 2. The number of para-hydroxylation sites is 1. The fourth-order valence-corrected chi connectivity index (χ4v) is 1.54. The maximum Gasteiger partial charge on any atom is 0.430 e. The van der Waals surface area contributed by atoms with Gasteiger partial charge < -0.3 is 10.8 Å². The molecule has 1 unspecified atom stereocenters. The van der Waals surface area contributed by atoms with E-state index in [9.17, 15) is 0 Å². The third-order valence-electron chi connectivity index (χ3n) is 2.37. The molecule has 0 amide bonds. The molecule has 0 saturated carbocycles. The van der Waals surface area contributed by atoms with Crippen LogP contribution in [0.15, 0.2) is 54.3 Å². The van der Waals surface area contributed by atoms with Gasteiger partial charge in [-0.1, -0.05) is 18.2 Å².